The molecule has 0 fully saturated rings. The van der Waals surface area contributed by atoms with Crippen molar-refractivity contribution >= 4 is 27.8 Å². The summed E-state index contributed by atoms with van der Waals surface area (Å²) in [6, 6.07) is 16.7. The van der Waals surface area contributed by atoms with E-state index in [1.807, 2.05) is 19.9 Å². The van der Waals surface area contributed by atoms with Crippen molar-refractivity contribution in [1.82, 2.24) is 5.43 Å². The summed E-state index contributed by atoms with van der Waals surface area (Å²) in [7, 11) is 0.477. The highest BCUT2D eigenvalue weighted by atomic mass is 32.2. The standard InChI is InChI=1S/C26H29N3O6S/c1-18-11-19(2)13-21(12-18)29(36(31,32)22-9-7-6-8-10-22)17-25(30)28-27-16-20-14-23(33-3)26(35-5)24(15-20)34-4/h6-16H,17H2,1-5H3,(H,28,30)/b27-16+. The zero-order valence-corrected chi connectivity index (χ0v) is 21.6. The largest absolute Gasteiger partial charge is 0.493 e. The van der Waals surface area contributed by atoms with Crippen LogP contribution in [0.25, 0.3) is 0 Å². The van der Waals surface area contributed by atoms with Crippen molar-refractivity contribution in [2.24, 2.45) is 5.10 Å². The average Bonchev–Trinajstić information content (AvgIpc) is 2.86. The van der Waals surface area contributed by atoms with Crippen molar-refractivity contribution in [3.63, 3.8) is 0 Å². The van der Waals surface area contributed by atoms with Crippen LogP contribution in [0.1, 0.15) is 16.7 Å². The van der Waals surface area contributed by atoms with Gasteiger partial charge >= 0.3 is 0 Å². The van der Waals surface area contributed by atoms with Crippen molar-refractivity contribution in [2.45, 2.75) is 18.7 Å². The van der Waals surface area contributed by atoms with E-state index >= 15 is 0 Å². The fraction of sp³-hybridized carbons (Fsp3) is 0.231. The second-order valence-electron chi connectivity index (χ2n) is 7.92. The van der Waals surface area contributed by atoms with Gasteiger partial charge in [-0.3, -0.25) is 9.10 Å². The number of aryl methyl sites for hydroxylation is 2. The molecule has 0 saturated carbocycles. The van der Waals surface area contributed by atoms with Gasteiger partial charge in [0.05, 0.1) is 38.1 Å². The van der Waals surface area contributed by atoms with Gasteiger partial charge < -0.3 is 14.2 Å². The van der Waals surface area contributed by atoms with Gasteiger partial charge in [-0.1, -0.05) is 24.3 Å². The van der Waals surface area contributed by atoms with Crippen molar-refractivity contribution < 1.29 is 27.4 Å². The molecule has 0 aliphatic carbocycles. The molecule has 0 bridgehead atoms. The number of carbonyl (C=O) groups is 1. The first-order valence-corrected chi connectivity index (χ1v) is 12.4. The average molecular weight is 512 g/mol. The Morgan fingerprint density at radius 3 is 2.03 bits per heavy atom. The molecular formula is C26H29N3O6S. The van der Waals surface area contributed by atoms with Crippen LogP contribution in [0.5, 0.6) is 17.2 Å². The Hall–Kier alpha value is -4.05. The van der Waals surface area contributed by atoms with Gasteiger partial charge in [0.15, 0.2) is 11.5 Å². The van der Waals surface area contributed by atoms with Gasteiger partial charge in [-0.05, 0) is 61.4 Å². The number of nitrogens with one attached hydrogen (secondary N) is 1. The van der Waals surface area contributed by atoms with Gasteiger partial charge in [-0.25, -0.2) is 13.8 Å². The van der Waals surface area contributed by atoms with Gasteiger partial charge in [-0.2, -0.15) is 5.10 Å². The molecule has 0 aliphatic heterocycles. The molecule has 0 unspecified atom stereocenters. The summed E-state index contributed by atoms with van der Waals surface area (Å²) in [5, 5.41) is 3.99. The number of hydrazone groups is 1. The number of hydrogen-bond donors (Lipinski definition) is 1. The molecule has 1 amide bonds. The van der Waals surface area contributed by atoms with E-state index in [9.17, 15) is 13.2 Å². The van der Waals surface area contributed by atoms with Crippen molar-refractivity contribution in [2.75, 3.05) is 32.2 Å². The summed E-state index contributed by atoms with van der Waals surface area (Å²) in [6.45, 7) is 3.27. The maximum absolute atomic E-state index is 13.5. The summed E-state index contributed by atoms with van der Waals surface area (Å²) in [5.74, 6) is 0.674. The molecule has 0 radical (unpaired) electrons. The number of hydrogen-bond acceptors (Lipinski definition) is 7. The second-order valence-corrected chi connectivity index (χ2v) is 9.78. The zero-order valence-electron chi connectivity index (χ0n) is 20.8. The molecule has 3 aromatic rings. The Morgan fingerprint density at radius 2 is 1.50 bits per heavy atom. The van der Waals surface area contributed by atoms with E-state index in [0.717, 1.165) is 15.4 Å². The lowest BCUT2D eigenvalue weighted by molar-refractivity contribution is -0.119. The predicted molar refractivity (Wildman–Crippen MR) is 139 cm³/mol. The molecule has 10 heteroatoms. The minimum absolute atomic E-state index is 0.0814. The molecule has 0 saturated heterocycles. The molecule has 1 N–H and O–H groups in total. The third-order valence-electron chi connectivity index (χ3n) is 5.20. The van der Waals surface area contributed by atoms with E-state index in [0.29, 0.717) is 28.5 Å². The van der Waals surface area contributed by atoms with Crippen molar-refractivity contribution in [3.8, 4) is 17.2 Å². The van der Waals surface area contributed by atoms with Crippen LogP contribution in [0.3, 0.4) is 0 Å². The van der Waals surface area contributed by atoms with Crippen molar-refractivity contribution in [3.05, 3.63) is 77.4 Å². The van der Waals surface area contributed by atoms with Crippen LogP contribution in [0.4, 0.5) is 5.69 Å². The van der Waals surface area contributed by atoms with Crippen LogP contribution >= 0.6 is 0 Å². The normalized spacial score (nSPS) is 11.2. The summed E-state index contributed by atoms with van der Waals surface area (Å²) < 4.78 is 43.9. The number of benzene rings is 3. The van der Waals surface area contributed by atoms with Gasteiger partial charge in [0.1, 0.15) is 6.54 Å². The first-order chi connectivity index (χ1) is 17.2. The molecule has 36 heavy (non-hydrogen) atoms. The number of carbonyl (C=O) groups excluding carboxylic acids is 1. The fourth-order valence-corrected chi connectivity index (χ4v) is 5.08. The second kappa shape index (κ2) is 11.6. The molecule has 0 aliphatic rings. The first-order valence-electron chi connectivity index (χ1n) is 11.0. The number of nitrogens with zero attached hydrogens (tertiary/aromatic N) is 2. The molecule has 0 aromatic heterocycles. The van der Waals surface area contributed by atoms with Gasteiger partial charge in [0.25, 0.3) is 15.9 Å². The van der Waals surface area contributed by atoms with E-state index in [1.165, 1.54) is 39.7 Å². The summed E-state index contributed by atoms with van der Waals surface area (Å²) in [5.41, 5.74) is 5.11. The zero-order chi connectivity index (χ0) is 26.3. The smallest absolute Gasteiger partial charge is 0.264 e. The molecule has 0 spiro atoms. The quantitative estimate of drug-likeness (QED) is 0.329. The van der Waals surface area contributed by atoms with Gasteiger partial charge in [-0.15, -0.1) is 0 Å². The Kier molecular flexibility index (Phi) is 8.55. The molecule has 3 rings (SSSR count). The van der Waals surface area contributed by atoms with E-state index in [2.05, 4.69) is 10.5 Å². The number of sulfonamides is 1. The summed E-state index contributed by atoms with van der Waals surface area (Å²) >= 11 is 0. The highest BCUT2D eigenvalue weighted by molar-refractivity contribution is 7.92. The summed E-state index contributed by atoms with van der Waals surface area (Å²) in [6.07, 6.45) is 1.40. The third-order valence-corrected chi connectivity index (χ3v) is 6.99. The minimum Gasteiger partial charge on any atom is -0.493 e. The van der Waals surface area contributed by atoms with Crippen molar-refractivity contribution in [1.29, 1.82) is 0 Å². The van der Waals surface area contributed by atoms with Crippen LogP contribution < -0.4 is 23.9 Å². The van der Waals surface area contributed by atoms with E-state index < -0.39 is 22.5 Å². The van der Waals surface area contributed by atoms with E-state index in [1.54, 1.807) is 42.5 Å². The van der Waals surface area contributed by atoms with Crippen LogP contribution in [-0.2, 0) is 14.8 Å². The Balaban J connectivity index is 1.86. The van der Waals surface area contributed by atoms with Crippen LogP contribution in [-0.4, -0.2) is 48.4 Å². The number of rotatable bonds is 10. The highest BCUT2D eigenvalue weighted by Gasteiger charge is 2.27. The fourth-order valence-electron chi connectivity index (χ4n) is 3.65. The SMILES string of the molecule is COc1cc(/C=N/NC(=O)CN(c2cc(C)cc(C)c2)S(=O)(=O)c2ccccc2)cc(OC)c1OC. The lowest BCUT2D eigenvalue weighted by atomic mass is 10.1. The lowest BCUT2D eigenvalue weighted by Gasteiger charge is -2.24. The first kappa shape index (κ1) is 26.6. The number of anilines is 1. The molecule has 9 nitrogen and oxygen atoms in total. The number of amides is 1. The minimum atomic E-state index is -4.01. The highest BCUT2D eigenvalue weighted by Crippen LogP contribution is 2.37. The predicted octanol–water partition coefficient (Wildman–Crippen LogP) is 3.67. The van der Waals surface area contributed by atoms with Crippen LogP contribution in [0, 0.1) is 13.8 Å². The van der Waals surface area contributed by atoms with Crippen LogP contribution in [0.15, 0.2) is 70.7 Å². The molecule has 0 heterocycles. The van der Waals surface area contributed by atoms with Gasteiger partial charge in [0.2, 0.25) is 5.75 Å². The van der Waals surface area contributed by atoms with Crippen LogP contribution in [0.2, 0.25) is 0 Å². The number of methoxy groups -OCH3 is 3. The molecule has 3 aromatic carbocycles. The maximum Gasteiger partial charge on any atom is 0.264 e. The molecular weight excluding hydrogens is 482 g/mol. The van der Waals surface area contributed by atoms with Gasteiger partial charge in [0, 0.05) is 5.56 Å². The monoisotopic (exact) mass is 511 g/mol. The Labute approximate surface area is 211 Å². The van der Waals surface area contributed by atoms with E-state index in [-0.39, 0.29) is 4.90 Å². The number of ether oxygens (including phenoxy) is 3. The maximum atomic E-state index is 13.5. The molecule has 0 atom stereocenters. The van der Waals surface area contributed by atoms with E-state index in [4.69, 9.17) is 14.2 Å². The molecule has 190 valence electrons. The topological polar surface area (TPSA) is 107 Å². The third kappa shape index (κ3) is 6.14. The lowest BCUT2D eigenvalue weighted by Crippen LogP contribution is -2.39. The Morgan fingerprint density at radius 1 is 0.917 bits per heavy atom. The Bertz CT molecular complexity index is 1310. The summed E-state index contributed by atoms with van der Waals surface area (Å²) in [4.78, 5) is 12.9.